The van der Waals surface area contributed by atoms with Crippen LogP contribution >= 0.6 is 0 Å². The third kappa shape index (κ3) is 5.23. The minimum atomic E-state index is -0.241. The smallest absolute Gasteiger partial charge is 0.315 e. The van der Waals surface area contributed by atoms with Crippen molar-refractivity contribution in [3.8, 4) is 0 Å². The van der Waals surface area contributed by atoms with Gasteiger partial charge in [-0.25, -0.2) is 9.18 Å². The summed E-state index contributed by atoms with van der Waals surface area (Å²) in [5.74, 6) is 0.281. The molecule has 1 saturated heterocycles. The van der Waals surface area contributed by atoms with Crippen molar-refractivity contribution in [1.29, 1.82) is 0 Å². The van der Waals surface area contributed by atoms with E-state index in [1.54, 1.807) is 26.0 Å². The van der Waals surface area contributed by atoms with Crippen LogP contribution in [-0.4, -0.2) is 36.5 Å². The fraction of sp³-hybridized carbons (Fsp3) is 0.529. The molecule has 126 valence electrons. The predicted octanol–water partition coefficient (Wildman–Crippen LogP) is 2.19. The molecule has 1 fully saturated rings. The molecule has 0 spiro atoms. The first-order valence-electron chi connectivity index (χ1n) is 7.98. The molecule has 1 aliphatic rings. The molecule has 0 unspecified atom stereocenters. The zero-order valence-corrected chi connectivity index (χ0v) is 13.7. The molecule has 0 aliphatic carbocycles. The Bertz CT molecular complexity index is 569. The van der Waals surface area contributed by atoms with E-state index in [9.17, 15) is 14.0 Å². The molecule has 0 atom stereocenters. The van der Waals surface area contributed by atoms with E-state index in [0.717, 1.165) is 31.5 Å². The molecule has 2 rings (SSSR count). The van der Waals surface area contributed by atoms with Gasteiger partial charge in [0, 0.05) is 33.1 Å². The number of piperidine rings is 1. The average Bonchev–Trinajstić information content (AvgIpc) is 2.54. The highest BCUT2D eigenvalue weighted by Gasteiger charge is 2.20. The molecule has 1 aromatic carbocycles. The van der Waals surface area contributed by atoms with Gasteiger partial charge < -0.3 is 15.5 Å². The number of nitrogens with zero attached hydrogens (tertiary/aromatic N) is 1. The van der Waals surface area contributed by atoms with Gasteiger partial charge in [-0.15, -0.1) is 0 Å². The van der Waals surface area contributed by atoms with E-state index >= 15 is 0 Å². The van der Waals surface area contributed by atoms with Crippen LogP contribution < -0.4 is 10.6 Å². The number of carbonyl (C=O) groups excluding carboxylic acids is 2. The van der Waals surface area contributed by atoms with Gasteiger partial charge >= 0.3 is 6.03 Å². The molecule has 23 heavy (non-hydrogen) atoms. The second kappa shape index (κ2) is 7.94. The quantitative estimate of drug-likeness (QED) is 0.893. The molecule has 1 aliphatic heterocycles. The number of amides is 3. The second-order valence-electron chi connectivity index (χ2n) is 6.10. The standard InChI is InChI=1S/C17H24FN3O2/c1-12-9-15(3-4-16(12)18)11-20-17(23)19-10-14-5-7-21(8-6-14)13(2)22/h3-4,9,14H,5-8,10-11H2,1-2H3,(H2,19,20,23). The Kier molecular flexibility index (Phi) is 5.96. The summed E-state index contributed by atoms with van der Waals surface area (Å²) >= 11 is 0. The molecule has 0 saturated carbocycles. The van der Waals surface area contributed by atoms with Crippen molar-refractivity contribution in [2.45, 2.75) is 33.2 Å². The monoisotopic (exact) mass is 321 g/mol. The molecule has 2 N–H and O–H groups in total. The van der Waals surface area contributed by atoms with Gasteiger partial charge in [0.1, 0.15) is 5.82 Å². The molecule has 6 heteroatoms. The summed E-state index contributed by atoms with van der Waals surface area (Å²) in [4.78, 5) is 24.9. The fourth-order valence-corrected chi connectivity index (χ4v) is 2.75. The topological polar surface area (TPSA) is 61.4 Å². The lowest BCUT2D eigenvalue weighted by atomic mass is 9.97. The number of urea groups is 1. The van der Waals surface area contributed by atoms with Crippen LogP contribution in [0.1, 0.15) is 30.9 Å². The molecule has 1 aromatic rings. The van der Waals surface area contributed by atoms with E-state index in [0.29, 0.717) is 24.6 Å². The maximum Gasteiger partial charge on any atom is 0.315 e. The van der Waals surface area contributed by atoms with Crippen molar-refractivity contribution in [1.82, 2.24) is 15.5 Å². The minimum absolute atomic E-state index is 0.115. The number of aryl methyl sites for hydroxylation is 1. The van der Waals surface area contributed by atoms with E-state index in [4.69, 9.17) is 0 Å². The van der Waals surface area contributed by atoms with Crippen molar-refractivity contribution in [3.63, 3.8) is 0 Å². The summed E-state index contributed by atoms with van der Waals surface area (Å²) in [6.45, 7) is 5.79. The van der Waals surface area contributed by atoms with Crippen molar-refractivity contribution < 1.29 is 14.0 Å². The third-order valence-corrected chi connectivity index (χ3v) is 4.29. The maximum absolute atomic E-state index is 13.2. The van der Waals surface area contributed by atoms with Crippen LogP contribution in [0.15, 0.2) is 18.2 Å². The van der Waals surface area contributed by atoms with Gasteiger partial charge in [-0.3, -0.25) is 4.79 Å². The van der Waals surface area contributed by atoms with Gasteiger partial charge in [0.15, 0.2) is 0 Å². The lowest BCUT2D eigenvalue weighted by molar-refractivity contribution is -0.130. The summed E-state index contributed by atoms with van der Waals surface area (Å²) in [5.41, 5.74) is 1.44. The summed E-state index contributed by atoms with van der Waals surface area (Å²) in [6.07, 6.45) is 1.83. The first-order chi connectivity index (χ1) is 11.0. The molecule has 5 nitrogen and oxygen atoms in total. The van der Waals surface area contributed by atoms with Crippen LogP contribution in [0.3, 0.4) is 0 Å². The molecule has 0 aromatic heterocycles. The van der Waals surface area contributed by atoms with Crippen molar-refractivity contribution in [3.05, 3.63) is 35.1 Å². The van der Waals surface area contributed by atoms with Crippen molar-refractivity contribution >= 4 is 11.9 Å². The molecule has 3 amide bonds. The number of halogens is 1. The number of hydrogen-bond acceptors (Lipinski definition) is 2. The van der Waals surface area contributed by atoms with E-state index in [2.05, 4.69) is 10.6 Å². The molecular weight excluding hydrogens is 297 g/mol. The highest BCUT2D eigenvalue weighted by molar-refractivity contribution is 5.74. The number of rotatable bonds is 4. The van der Waals surface area contributed by atoms with Crippen LogP contribution in [0.4, 0.5) is 9.18 Å². The van der Waals surface area contributed by atoms with Crippen LogP contribution in [0.2, 0.25) is 0 Å². The Morgan fingerprint density at radius 3 is 2.57 bits per heavy atom. The summed E-state index contributed by atoms with van der Waals surface area (Å²) < 4.78 is 13.2. The van der Waals surface area contributed by atoms with Crippen LogP contribution in [-0.2, 0) is 11.3 Å². The van der Waals surface area contributed by atoms with Gasteiger partial charge in [-0.1, -0.05) is 12.1 Å². The number of likely N-dealkylation sites (tertiary alicyclic amines) is 1. The van der Waals surface area contributed by atoms with Crippen molar-refractivity contribution in [2.24, 2.45) is 5.92 Å². The normalized spacial score (nSPS) is 15.3. The lowest BCUT2D eigenvalue weighted by Crippen LogP contribution is -2.42. The SMILES string of the molecule is CC(=O)N1CCC(CNC(=O)NCc2ccc(F)c(C)c2)CC1. The first-order valence-corrected chi connectivity index (χ1v) is 7.98. The Hall–Kier alpha value is -2.11. The van der Waals surface area contributed by atoms with Gasteiger partial charge in [0.2, 0.25) is 5.91 Å². The Balaban J connectivity index is 1.67. The van der Waals surface area contributed by atoms with Crippen LogP contribution in [0.5, 0.6) is 0 Å². The van der Waals surface area contributed by atoms with Gasteiger partial charge in [0.25, 0.3) is 0 Å². The Morgan fingerprint density at radius 2 is 1.96 bits per heavy atom. The molecular formula is C17H24FN3O2. The minimum Gasteiger partial charge on any atom is -0.343 e. The maximum atomic E-state index is 13.2. The summed E-state index contributed by atoms with van der Waals surface area (Å²) in [7, 11) is 0. The first kappa shape index (κ1) is 17.2. The number of benzene rings is 1. The second-order valence-corrected chi connectivity index (χ2v) is 6.10. The third-order valence-electron chi connectivity index (χ3n) is 4.29. The van der Waals surface area contributed by atoms with E-state index < -0.39 is 0 Å². The van der Waals surface area contributed by atoms with Gasteiger partial charge in [-0.2, -0.15) is 0 Å². The largest absolute Gasteiger partial charge is 0.343 e. The Labute approximate surface area is 136 Å². The zero-order chi connectivity index (χ0) is 16.8. The molecule has 0 bridgehead atoms. The highest BCUT2D eigenvalue weighted by atomic mass is 19.1. The number of hydrogen-bond donors (Lipinski definition) is 2. The lowest BCUT2D eigenvalue weighted by Gasteiger charge is -2.31. The van der Waals surface area contributed by atoms with E-state index in [-0.39, 0.29) is 17.8 Å². The van der Waals surface area contributed by atoms with E-state index in [1.165, 1.54) is 6.07 Å². The fourth-order valence-electron chi connectivity index (χ4n) is 2.75. The summed E-state index contributed by atoms with van der Waals surface area (Å²) in [6, 6.07) is 4.58. The highest BCUT2D eigenvalue weighted by Crippen LogP contribution is 2.16. The number of carbonyl (C=O) groups is 2. The van der Waals surface area contributed by atoms with Crippen LogP contribution in [0.25, 0.3) is 0 Å². The molecule has 0 radical (unpaired) electrons. The van der Waals surface area contributed by atoms with Crippen molar-refractivity contribution in [2.75, 3.05) is 19.6 Å². The number of nitrogens with one attached hydrogen (secondary N) is 2. The predicted molar refractivity (Wildman–Crippen MR) is 86.4 cm³/mol. The van der Waals surface area contributed by atoms with Gasteiger partial charge in [0.05, 0.1) is 0 Å². The van der Waals surface area contributed by atoms with Gasteiger partial charge in [-0.05, 0) is 42.9 Å². The zero-order valence-electron chi connectivity index (χ0n) is 13.7. The Morgan fingerprint density at radius 1 is 1.26 bits per heavy atom. The average molecular weight is 321 g/mol. The molecule has 1 heterocycles. The van der Waals surface area contributed by atoms with E-state index in [1.807, 2.05) is 4.90 Å². The summed E-state index contributed by atoms with van der Waals surface area (Å²) in [5, 5.41) is 5.64. The van der Waals surface area contributed by atoms with Crippen LogP contribution in [0, 0.1) is 18.7 Å².